The van der Waals surface area contributed by atoms with Crippen LogP contribution in [0.15, 0.2) is 54.6 Å². The summed E-state index contributed by atoms with van der Waals surface area (Å²) in [5.41, 5.74) is 1.84. The van der Waals surface area contributed by atoms with Gasteiger partial charge in [0.1, 0.15) is 12.5 Å². The standard InChI is InChI=1S/C19H23NO2.CH2O/c1-4-22-18-12-8-11-17(13-18)19(21)20-15(3)14(2)16-9-6-5-7-10-16;1-2/h5-15H,4H2,1-3H3,(H,20,21);1H2/t14-,15?;/m0./s1. The molecule has 0 aliphatic rings. The van der Waals surface area contributed by atoms with Gasteiger partial charge >= 0.3 is 0 Å². The van der Waals surface area contributed by atoms with Gasteiger partial charge in [-0.3, -0.25) is 4.79 Å². The fourth-order valence-electron chi connectivity index (χ4n) is 2.35. The minimum Gasteiger partial charge on any atom is -0.494 e. The van der Waals surface area contributed by atoms with E-state index in [0.29, 0.717) is 12.2 Å². The van der Waals surface area contributed by atoms with Crippen molar-refractivity contribution < 1.29 is 14.3 Å². The summed E-state index contributed by atoms with van der Waals surface area (Å²) in [6.45, 7) is 8.67. The number of benzene rings is 2. The van der Waals surface area contributed by atoms with Crippen molar-refractivity contribution in [3.05, 3.63) is 65.7 Å². The van der Waals surface area contributed by atoms with Crippen LogP contribution in [0.25, 0.3) is 0 Å². The molecule has 2 aromatic carbocycles. The Hall–Kier alpha value is -2.62. The molecule has 0 heterocycles. The molecule has 2 atom stereocenters. The number of nitrogens with one attached hydrogen (secondary N) is 1. The number of ether oxygens (including phenoxy) is 1. The molecule has 2 rings (SSSR count). The predicted molar refractivity (Wildman–Crippen MR) is 96.5 cm³/mol. The normalized spacial score (nSPS) is 12.3. The Bertz CT molecular complexity index is 628. The summed E-state index contributed by atoms with van der Waals surface area (Å²) in [7, 11) is 0. The van der Waals surface area contributed by atoms with Crippen molar-refractivity contribution >= 4 is 12.7 Å². The average Bonchev–Trinajstić information content (AvgIpc) is 2.64. The highest BCUT2D eigenvalue weighted by Gasteiger charge is 2.17. The molecule has 0 saturated heterocycles. The van der Waals surface area contributed by atoms with E-state index in [9.17, 15) is 4.79 Å². The molecule has 0 saturated carbocycles. The van der Waals surface area contributed by atoms with Crippen LogP contribution in [0.5, 0.6) is 5.75 Å². The molecule has 24 heavy (non-hydrogen) atoms. The smallest absolute Gasteiger partial charge is 0.251 e. The van der Waals surface area contributed by atoms with Crippen LogP contribution in [0.2, 0.25) is 0 Å². The van der Waals surface area contributed by atoms with Crippen molar-refractivity contribution in [1.29, 1.82) is 0 Å². The van der Waals surface area contributed by atoms with E-state index >= 15 is 0 Å². The number of carbonyl (C=O) groups is 2. The van der Waals surface area contributed by atoms with Crippen molar-refractivity contribution in [2.24, 2.45) is 0 Å². The molecular formula is C20H25NO3. The zero-order chi connectivity index (χ0) is 17.9. The van der Waals surface area contributed by atoms with Gasteiger partial charge in [-0.25, -0.2) is 0 Å². The minimum atomic E-state index is -0.0724. The Morgan fingerprint density at radius 2 is 1.75 bits per heavy atom. The third-order valence-corrected chi connectivity index (χ3v) is 3.84. The zero-order valence-electron chi connectivity index (χ0n) is 14.5. The van der Waals surface area contributed by atoms with E-state index in [2.05, 4.69) is 24.4 Å². The van der Waals surface area contributed by atoms with Crippen molar-refractivity contribution in [3.8, 4) is 5.75 Å². The summed E-state index contributed by atoms with van der Waals surface area (Å²) in [4.78, 5) is 20.4. The van der Waals surface area contributed by atoms with Crippen LogP contribution in [0.3, 0.4) is 0 Å². The van der Waals surface area contributed by atoms with Crippen molar-refractivity contribution in [2.45, 2.75) is 32.7 Å². The molecule has 1 unspecified atom stereocenters. The first-order chi connectivity index (χ1) is 11.6. The van der Waals surface area contributed by atoms with Gasteiger partial charge in [0, 0.05) is 17.5 Å². The summed E-state index contributed by atoms with van der Waals surface area (Å²) in [6.07, 6.45) is 0. The van der Waals surface area contributed by atoms with E-state index < -0.39 is 0 Å². The number of hydrogen-bond acceptors (Lipinski definition) is 3. The average molecular weight is 327 g/mol. The van der Waals surface area contributed by atoms with Gasteiger partial charge in [0.05, 0.1) is 6.61 Å². The lowest BCUT2D eigenvalue weighted by molar-refractivity contribution is -0.0980. The first kappa shape index (κ1) is 19.4. The maximum Gasteiger partial charge on any atom is 0.251 e. The highest BCUT2D eigenvalue weighted by molar-refractivity contribution is 5.94. The zero-order valence-corrected chi connectivity index (χ0v) is 14.5. The SMILES string of the molecule is C=O.CCOc1cccc(C(=O)NC(C)[C@H](C)c2ccccc2)c1. The maximum atomic E-state index is 12.4. The molecule has 0 aromatic heterocycles. The summed E-state index contributed by atoms with van der Waals surface area (Å²) in [6, 6.07) is 17.5. The molecule has 0 spiro atoms. The summed E-state index contributed by atoms with van der Waals surface area (Å²) >= 11 is 0. The van der Waals surface area contributed by atoms with Crippen LogP contribution >= 0.6 is 0 Å². The minimum absolute atomic E-state index is 0.0469. The Morgan fingerprint density at radius 3 is 2.38 bits per heavy atom. The van der Waals surface area contributed by atoms with Gasteiger partial charge in [0.2, 0.25) is 0 Å². The second kappa shape index (κ2) is 10.2. The molecular weight excluding hydrogens is 302 g/mol. The Balaban J connectivity index is 0.00000139. The van der Waals surface area contributed by atoms with E-state index in [4.69, 9.17) is 9.53 Å². The number of hydrogen-bond donors (Lipinski definition) is 1. The van der Waals surface area contributed by atoms with Gasteiger partial charge in [-0.1, -0.05) is 43.3 Å². The van der Waals surface area contributed by atoms with Gasteiger partial charge in [-0.05, 0) is 37.6 Å². The molecule has 0 aliphatic heterocycles. The molecule has 0 radical (unpaired) electrons. The maximum absolute atomic E-state index is 12.4. The third-order valence-electron chi connectivity index (χ3n) is 3.84. The van der Waals surface area contributed by atoms with E-state index in [1.807, 2.05) is 51.0 Å². The number of amides is 1. The largest absolute Gasteiger partial charge is 0.494 e. The van der Waals surface area contributed by atoms with Crippen LogP contribution < -0.4 is 10.1 Å². The molecule has 128 valence electrons. The second-order valence-corrected chi connectivity index (χ2v) is 5.42. The summed E-state index contributed by atoms with van der Waals surface area (Å²) in [5.74, 6) is 0.899. The van der Waals surface area contributed by atoms with Gasteiger partial charge < -0.3 is 14.8 Å². The van der Waals surface area contributed by atoms with Gasteiger partial charge in [0.25, 0.3) is 5.91 Å². The fourth-order valence-corrected chi connectivity index (χ4v) is 2.35. The van der Waals surface area contributed by atoms with Gasteiger partial charge in [0.15, 0.2) is 0 Å². The van der Waals surface area contributed by atoms with Crippen molar-refractivity contribution in [3.63, 3.8) is 0 Å². The first-order valence-electron chi connectivity index (χ1n) is 7.99. The fraction of sp³-hybridized carbons (Fsp3) is 0.300. The van der Waals surface area contributed by atoms with E-state index in [1.54, 1.807) is 12.1 Å². The van der Waals surface area contributed by atoms with Crippen LogP contribution in [0, 0.1) is 0 Å². The molecule has 1 N–H and O–H groups in total. The molecule has 4 heteroatoms. The molecule has 0 aliphatic carbocycles. The number of rotatable bonds is 6. The highest BCUT2D eigenvalue weighted by Crippen LogP contribution is 2.19. The van der Waals surface area contributed by atoms with Gasteiger partial charge in [-0.2, -0.15) is 0 Å². The van der Waals surface area contributed by atoms with E-state index in [0.717, 1.165) is 5.75 Å². The third kappa shape index (κ3) is 5.54. The van der Waals surface area contributed by atoms with Crippen LogP contribution in [0.4, 0.5) is 0 Å². The molecule has 0 fully saturated rings. The molecule has 2 aromatic rings. The van der Waals surface area contributed by atoms with E-state index in [-0.39, 0.29) is 17.9 Å². The quantitative estimate of drug-likeness (QED) is 0.877. The van der Waals surface area contributed by atoms with Gasteiger partial charge in [-0.15, -0.1) is 0 Å². The lowest BCUT2D eigenvalue weighted by atomic mass is 9.94. The summed E-state index contributed by atoms with van der Waals surface area (Å²) < 4.78 is 5.44. The van der Waals surface area contributed by atoms with Crippen molar-refractivity contribution in [1.82, 2.24) is 5.32 Å². The Kier molecular flexibility index (Phi) is 8.26. The van der Waals surface area contributed by atoms with Crippen molar-refractivity contribution in [2.75, 3.05) is 6.61 Å². The lowest BCUT2D eigenvalue weighted by Crippen LogP contribution is -2.36. The molecule has 4 nitrogen and oxygen atoms in total. The Labute approximate surface area is 143 Å². The van der Waals surface area contributed by atoms with Crippen LogP contribution in [-0.4, -0.2) is 25.3 Å². The lowest BCUT2D eigenvalue weighted by Gasteiger charge is -2.22. The van der Waals surface area contributed by atoms with Crippen LogP contribution in [0.1, 0.15) is 42.6 Å². The molecule has 1 amide bonds. The van der Waals surface area contributed by atoms with E-state index in [1.165, 1.54) is 5.56 Å². The second-order valence-electron chi connectivity index (χ2n) is 5.42. The predicted octanol–water partition coefficient (Wildman–Crippen LogP) is 3.82. The highest BCUT2D eigenvalue weighted by atomic mass is 16.5. The first-order valence-corrected chi connectivity index (χ1v) is 7.99. The number of carbonyl (C=O) groups excluding carboxylic acids is 2. The summed E-state index contributed by atoms with van der Waals surface area (Å²) in [5, 5.41) is 3.07. The monoisotopic (exact) mass is 327 g/mol. The van der Waals surface area contributed by atoms with Crippen LogP contribution in [-0.2, 0) is 4.79 Å². The topological polar surface area (TPSA) is 55.4 Å². The molecule has 0 bridgehead atoms. The Morgan fingerprint density at radius 1 is 1.08 bits per heavy atom.